The lowest BCUT2D eigenvalue weighted by Gasteiger charge is -2.10. The van der Waals surface area contributed by atoms with Crippen molar-refractivity contribution in [2.75, 3.05) is 5.73 Å². The van der Waals surface area contributed by atoms with Gasteiger partial charge in [0.1, 0.15) is 0 Å². The van der Waals surface area contributed by atoms with Gasteiger partial charge in [-0.25, -0.2) is 0 Å². The van der Waals surface area contributed by atoms with Crippen LogP contribution in [0.25, 0.3) is 82.8 Å². The molecule has 0 fully saturated rings. The van der Waals surface area contributed by atoms with Gasteiger partial charge in [0.2, 0.25) is 0 Å². The van der Waals surface area contributed by atoms with Gasteiger partial charge in [0.05, 0.1) is 22.1 Å². The van der Waals surface area contributed by atoms with Gasteiger partial charge in [-0.15, -0.1) is 0 Å². The van der Waals surface area contributed by atoms with Gasteiger partial charge in [0.15, 0.2) is 0 Å². The zero-order valence-electron chi connectivity index (χ0n) is 30.7. The second-order valence-electron chi connectivity index (χ2n) is 14.3. The molecule has 0 saturated carbocycles. The third-order valence-corrected chi connectivity index (χ3v) is 11.2. The molecule has 2 aromatic heterocycles. The molecular weight excluding hydrogens is 667 g/mol. The van der Waals surface area contributed by atoms with Gasteiger partial charge in [-0.2, -0.15) is 0 Å². The summed E-state index contributed by atoms with van der Waals surface area (Å²) in [5.41, 5.74) is 24.1. The molecule has 1 aliphatic rings. The summed E-state index contributed by atoms with van der Waals surface area (Å²) >= 11 is 0. The molecule has 55 heavy (non-hydrogen) atoms. The maximum absolute atomic E-state index is 6.61. The predicted octanol–water partition coefficient (Wildman–Crippen LogP) is 13.4. The number of fused-ring (bicyclic) bond motifs is 9. The highest BCUT2D eigenvalue weighted by atomic mass is 15.0. The molecule has 0 amide bonds. The van der Waals surface area contributed by atoms with Crippen LogP contribution < -0.4 is 5.73 Å². The number of allylic oxidation sites excluding steroid dienone is 6. The molecule has 0 spiro atoms. The number of nitrogen functional groups attached to an aromatic ring is 1. The van der Waals surface area contributed by atoms with Crippen LogP contribution in [-0.2, 0) is 6.42 Å². The minimum Gasteiger partial charge on any atom is -0.398 e. The minimum atomic E-state index is 0.786. The zero-order valence-corrected chi connectivity index (χ0v) is 30.7. The van der Waals surface area contributed by atoms with E-state index < -0.39 is 0 Å². The fourth-order valence-corrected chi connectivity index (χ4v) is 8.74. The van der Waals surface area contributed by atoms with Gasteiger partial charge >= 0.3 is 0 Å². The van der Waals surface area contributed by atoms with Crippen LogP contribution in [0.5, 0.6) is 0 Å². The third-order valence-electron chi connectivity index (χ3n) is 11.2. The molecule has 0 radical (unpaired) electrons. The number of hydrogen-bond acceptors (Lipinski definition) is 1. The molecule has 2 heterocycles. The lowest BCUT2D eigenvalue weighted by Crippen LogP contribution is -1.95. The van der Waals surface area contributed by atoms with Crippen LogP contribution in [0.15, 0.2) is 189 Å². The van der Waals surface area contributed by atoms with Crippen LogP contribution in [0.2, 0.25) is 0 Å². The van der Waals surface area contributed by atoms with Crippen LogP contribution >= 0.6 is 0 Å². The molecule has 3 nitrogen and oxygen atoms in total. The summed E-state index contributed by atoms with van der Waals surface area (Å²) in [5, 5.41) is 4.95. The number of rotatable bonds is 7. The van der Waals surface area contributed by atoms with Crippen molar-refractivity contribution in [2.24, 2.45) is 0 Å². The first-order chi connectivity index (χ1) is 27.1. The van der Waals surface area contributed by atoms with Gasteiger partial charge in [0, 0.05) is 44.2 Å². The lowest BCUT2D eigenvalue weighted by atomic mass is 9.98. The first-order valence-electron chi connectivity index (χ1n) is 18.9. The van der Waals surface area contributed by atoms with E-state index in [1.54, 1.807) is 0 Å². The Morgan fingerprint density at radius 1 is 0.600 bits per heavy atom. The highest BCUT2D eigenvalue weighted by Gasteiger charge is 2.25. The average molecular weight is 706 g/mol. The van der Waals surface area contributed by atoms with E-state index in [1.807, 2.05) is 18.2 Å². The van der Waals surface area contributed by atoms with Crippen molar-refractivity contribution in [1.29, 1.82) is 0 Å². The maximum Gasteiger partial charge on any atom is 0.0541 e. The number of benzene rings is 7. The van der Waals surface area contributed by atoms with E-state index in [4.69, 9.17) is 5.73 Å². The van der Waals surface area contributed by atoms with E-state index in [9.17, 15) is 0 Å². The summed E-state index contributed by atoms with van der Waals surface area (Å²) in [6.45, 7) is 6.03. The van der Waals surface area contributed by atoms with Crippen LogP contribution in [0.1, 0.15) is 23.6 Å². The summed E-state index contributed by atoms with van der Waals surface area (Å²) < 4.78 is 4.74. The fourth-order valence-electron chi connectivity index (χ4n) is 8.74. The van der Waals surface area contributed by atoms with E-state index in [0.29, 0.717) is 0 Å². The molecule has 1 aliphatic carbocycles. The maximum atomic E-state index is 6.61. The van der Waals surface area contributed by atoms with Crippen LogP contribution in [0.3, 0.4) is 0 Å². The first-order valence-corrected chi connectivity index (χ1v) is 18.9. The highest BCUT2D eigenvalue weighted by molar-refractivity contribution is 6.13. The standard InChI is InChI=1S/C52H39N3/c1-3-5-14-37(4-2)54-49-28-24-34(23-27-43-40-18-10-9-17-39(40)42-20-13-21-47(53)52(42)43)31-44(49)46-33-36(26-30-51(46)54)35-25-29-50-45(32-35)41-19-11-12-22-48(41)55(50)38-15-7-6-8-16-38/h3-22,24-33H,1,23,53H2,2H3/b14-5-,37-4+,43-27-. The van der Waals surface area contributed by atoms with Gasteiger partial charge < -0.3 is 14.9 Å². The Hall–Kier alpha value is -7.10. The molecule has 0 atom stereocenters. The molecular formula is C52H39N3. The smallest absolute Gasteiger partial charge is 0.0541 e. The Bertz CT molecular complexity index is 3090. The summed E-state index contributed by atoms with van der Waals surface area (Å²) in [6.07, 6.45) is 11.3. The second-order valence-corrected chi connectivity index (χ2v) is 14.3. The van der Waals surface area contributed by atoms with Crippen molar-refractivity contribution in [3.05, 3.63) is 205 Å². The van der Waals surface area contributed by atoms with Crippen molar-refractivity contribution >= 4 is 60.6 Å². The van der Waals surface area contributed by atoms with E-state index in [2.05, 4.69) is 186 Å². The Balaban J connectivity index is 1.13. The van der Waals surface area contributed by atoms with Crippen molar-refractivity contribution in [1.82, 2.24) is 9.13 Å². The second kappa shape index (κ2) is 13.1. The van der Waals surface area contributed by atoms with Gasteiger partial charge in [-0.3, -0.25) is 0 Å². The van der Waals surface area contributed by atoms with E-state index in [1.165, 1.54) is 82.6 Å². The molecule has 0 aliphatic heterocycles. The minimum absolute atomic E-state index is 0.786. The van der Waals surface area contributed by atoms with E-state index in [-0.39, 0.29) is 0 Å². The molecule has 262 valence electrons. The predicted molar refractivity (Wildman–Crippen MR) is 236 cm³/mol. The molecule has 0 saturated heterocycles. The topological polar surface area (TPSA) is 35.9 Å². The molecule has 3 heteroatoms. The SMILES string of the molecule is C=C/C=C\C(=C/C)n1c2ccc(C/C=C3/c4ccccc4-c4cccc(N)c43)cc2c2cc(-c3ccc4c(c3)c3ccccc3n4-c3ccccc3)ccc21. The molecule has 10 rings (SSSR count). The first kappa shape index (κ1) is 32.5. The quantitative estimate of drug-likeness (QED) is 0.130. The summed E-state index contributed by atoms with van der Waals surface area (Å²) in [6, 6.07) is 55.0. The fraction of sp³-hybridized carbons (Fsp3) is 0.0385. The van der Waals surface area contributed by atoms with E-state index in [0.717, 1.165) is 29.1 Å². The van der Waals surface area contributed by atoms with Crippen molar-refractivity contribution in [3.8, 4) is 27.9 Å². The number of nitrogens with zero attached hydrogens (tertiary/aromatic N) is 2. The molecule has 7 aromatic carbocycles. The van der Waals surface area contributed by atoms with Gasteiger partial charge in [0.25, 0.3) is 0 Å². The average Bonchev–Trinajstić information content (AvgIpc) is 3.86. The van der Waals surface area contributed by atoms with Crippen LogP contribution in [0, 0.1) is 0 Å². The van der Waals surface area contributed by atoms with E-state index >= 15 is 0 Å². The number of para-hydroxylation sites is 2. The largest absolute Gasteiger partial charge is 0.398 e. The zero-order chi connectivity index (χ0) is 37.0. The number of nitrogens with two attached hydrogens (primary N) is 1. The van der Waals surface area contributed by atoms with Gasteiger partial charge in [-0.05, 0) is 119 Å². The van der Waals surface area contributed by atoms with Crippen molar-refractivity contribution in [2.45, 2.75) is 13.3 Å². The summed E-state index contributed by atoms with van der Waals surface area (Å²) in [4.78, 5) is 0. The Morgan fingerprint density at radius 2 is 1.24 bits per heavy atom. The molecule has 9 aromatic rings. The lowest BCUT2D eigenvalue weighted by molar-refractivity contribution is 1.18. The summed E-state index contributed by atoms with van der Waals surface area (Å²) in [7, 11) is 0. The monoisotopic (exact) mass is 705 g/mol. The third kappa shape index (κ3) is 5.20. The number of anilines is 1. The number of aromatic nitrogens is 2. The van der Waals surface area contributed by atoms with Crippen LogP contribution in [0.4, 0.5) is 5.69 Å². The normalized spacial score (nSPS) is 13.5. The Kier molecular flexibility index (Phi) is 7.74. The Morgan fingerprint density at radius 3 is 2.02 bits per heavy atom. The van der Waals surface area contributed by atoms with Gasteiger partial charge in [-0.1, -0.05) is 122 Å². The number of hydrogen-bond donors (Lipinski definition) is 1. The molecule has 0 unspecified atom stereocenters. The van der Waals surface area contributed by atoms with Crippen LogP contribution in [-0.4, -0.2) is 9.13 Å². The van der Waals surface area contributed by atoms with Crippen molar-refractivity contribution < 1.29 is 0 Å². The molecule has 2 N–H and O–H groups in total. The molecule has 0 bridgehead atoms. The highest BCUT2D eigenvalue weighted by Crippen LogP contribution is 2.47. The summed E-state index contributed by atoms with van der Waals surface area (Å²) in [5.74, 6) is 0. The van der Waals surface area contributed by atoms with Crippen molar-refractivity contribution in [3.63, 3.8) is 0 Å². The Labute approximate surface area is 320 Å².